The highest BCUT2D eigenvalue weighted by molar-refractivity contribution is 5.71. The van der Waals surface area contributed by atoms with Crippen LogP contribution in [0.25, 0.3) is 0 Å². The molecule has 1 aliphatic rings. The van der Waals surface area contributed by atoms with Crippen molar-refractivity contribution in [1.29, 1.82) is 0 Å². The number of hydrogen-bond donors (Lipinski definition) is 0. The summed E-state index contributed by atoms with van der Waals surface area (Å²) in [6.45, 7) is 4.23. The molecule has 0 unspecified atom stereocenters. The van der Waals surface area contributed by atoms with E-state index in [1.807, 2.05) is 26.0 Å². The van der Waals surface area contributed by atoms with Crippen molar-refractivity contribution in [1.82, 2.24) is 0 Å². The summed E-state index contributed by atoms with van der Waals surface area (Å²) in [5.41, 5.74) is 0. The molecule has 0 bridgehead atoms. The van der Waals surface area contributed by atoms with E-state index >= 15 is 0 Å². The quantitative estimate of drug-likeness (QED) is 0.567. The van der Waals surface area contributed by atoms with Crippen molar-refractivity contribution in [3.63, 3.8) is 0 Å². The zero-order valence-electron chi connectivity index (χ0n) is 14.9. The van der Waals surface area contributed by atoms with Crippen LogP contribution in [0.4, 0.5) is 0 Å². The maximum atomic E-state index is 11.8. The van der Waals surface area contributed by atoms with Gasteiger partial charge in [-0.3, -0.25) is 9.59 Å². The van der Waals surface area contributed by atoms with Crippen LogP contribution in [0.1, 0.15) is 26.7 Å². The molecule has 0 saturated heterocycles. The van der Waals surface area contributed by atoms with Crippen LogP contribution in [-0.4, -0.2) is 51.6 Å². The van der Waals surface area contributed by atoms with Crippen molar-refractivity contribution in [2.24, 2.45) is 11.8 Å². The topological polar surface area (TPSA) is 71.1 Å². The summed E-state index contributed by atoms with van der Waals surface area (Å²) >= 11 is 0. The summed E-state index contributed by atoms with van der Waals surface area (Å²) in [6.07, 6.45) is 7.08. The Balaban J connectivity index is 2.80. The van der Waals surface area contributed by atoms with Gasteiger partial charge in [0.05, 0.1) is 25.0 Å². The summed E-state index contributed by atoms with van der Waals surface area (Å²) in [7, 11) is 3.14. The SMILES string of the molecule is CO[C@@H]1COC(=O)C/C=C/[C@@H](C)[C@H](OC)COC(=O)C/C=C/[C@H]1C. The van der Waals surface area contributed by atoms with Crippen molar-refractivity contribution < 1.29 is 28.5 Å². The van der Waals surface area contributed by atoms with Crippen molar-refractivity contribution in [3.05, 3.63) is 24.3 Å². The van der Waals surface area contributed by atoms with Crippen LogP contribution >= 0.6 is 0 Å². The number of carbonyl (C=O) groups is 2. The highest BCUT2D eigenvalue weighted by atomic mass is 16.6. The van der Waals surface area contributed by atoms with Gasteiger partial charge in [0, 0.05) is 26.1 Å². The Hall–Kier alpha value is -1.66. The fourth-order valence-corrected chi connectivity index (χ4v) is 2.34. The van der Waals surface area contributed by atoms with Crippen molar-refractivity contribution in [3.8, 4) is 0 Å². The molecule has 1 rings (SSSR count). The molecule has 0 N–H and O–H groups in total. The molecule has 1 aliphatic heterocycles. The molecule has 0 saturated carbocycles. The Morgan fingerprint density at radius 1 is 0.833 bits per heavy atom. The van der Waals surface area contributed by atoms with Gasteiger partial charge in [0.1, 0.15) is 13.2 Å². The zero-order valence-corrected chi connectivity index (χ0v) is 14.9. The Labute approximate surface area is 143 Å². The predicted molar refractivity (Wildman–Crippen MR) is 89.4 cm³/mol. The van der Waals surface area contributed by atoms with Crippen LogP contribution in [-0.2, 0) is 28.5 Å². The molecule has 4 atom stereocenters. The lowest BCUT2D eigenvalue weighted by atomic mass is 10.0. The zero-order chi connectivity index (χ0) is 17.9. The molecule has 0 spiro atoms. The summed E-state index contributed by atoms with van der Waals surface area (Å²) in [5, 5.41) is 0. The van der Waals surface area contributed by atoms with Crippen molar-refractivity contribution in [2.45, 2.75) is 38.9 Å². The maximum Gasteiger partial charge on any atom is 0.309 e. The molecule has 136 valence electrons. The first kappa shape index (κ1) is 20.4. The summed E-state index contributed by atoms with van der Waals surface area (Å²) in [4.78, 5) is 23.6. The molecule has 6 nitrogen and oxygen atoms in total. The molecule has 0 amide bonds. The Morgan fingerprint density at radius 3 is 1.54 bits per heavy atom. The largest absolute Gasteiger partial charge is 0.463 e. The number of esters is 2. The van der Waals surface area contributed by atoms with Gasteiger partial charge in [-0.2, -0.15) is 0 Å². The average molecular weight is 340 g/mol. The van der Waals surface area contributed by atoms with Crippen LogP contribution in [0.5, 0.6) is 0 Å². The second kappa shape index (κ2) is 11.0. The van der Waals surface area contributed by atoms with Crippen LogP contribution in [0.15, 0.2) is 24.3 Å². The van der Waals surface area contributed by atoms with E-state index in [2.05, 4.69) is 0 Å². The van der Waals surface area contributed by atoms with E-state index in [1.165, 1.54) is 0 Å². The Morgan fingerprint density at radius 2 is 1.21 bits per heavy atom. The molecule has 0 radical (unpaired) electrons. The van der Waals surface area contributed by atoms with E-state index in [4.69, 9.17) is 18.9 Å². The number of methoxy groups -OCH3 is 2. The summed E-state index contributed by atoms with van der Waals surface area (Å²) in [5.74, 6) is -0.593. The molecule has 1 heterocycles. The Kier molecular flexibility index (Phi) is 9.34. The molecule has 0 aromatic carbocycles. The monoisotopic (exact) mass is 340 g/mol. The van der Waals surface area contributed by atoms with E-state index in [9.17, 15) is 9.59 Å². The van der Waals surface area contributed by atoms with Gasteiger partial charge in [-0.25, -0.2) is 0 Å². The molecule has 24 heavy (non-hydrogen) atoms. The fraction of sp³-hybridized carbons (Fsp3) is 0.667. The smallest absolute Gasteiger partial charge is 0.309 e. The van der Waals surface area contributed by atoms with Gasteiger partial charge in [-0.05, 0) is 0 Å². The average Bonchev–Trinajstić information content (AvgIpc) is 2.55. The van der Waals surface area contributed by atoms with Gasteiger partial charge < -0.3 is 18.9 Å². The molecule has 6 heteroatoms. The lowest BCUT2D eigenvalue weighted by Crippen LogP contribution is -2.27. The van der Waals surface area contributed by atoms with Crippen LogP contribution < -0.4 is 0 Å². The number of hydrogen-bond acceptors (Lipinski definition) is 6. The fourth-order valence-electron chi connectivity index (χ4n) is 2.34. The van der Waals surface area contributed by atoms with Gasteiger partial charge >= 0.3 is 11.9 Å². The summed E-state index contributed by atoms with van der Waals surface area (Å²) in [6, 6.07) is 0. The second-order valence-electron chi connectivity index (χ2n) is 5.90. The maximum absolute atomic E-state index is 11.8. The molecule has 0 aromatic rings. The number of rotatable bonds is 2. The third-order valence-electron chi connectivity index (χ3n) is 4.04. The molecule has 0 aromatic heterocycles. The van der Waals surface area contributed by atoms with Crippen molar-refractivity contribution >= 4 is 11.9 Å². The third-order valence-corrected chi connectivity index (χ3v) is 4.04. The van der Waals surface area contributed by atoms with Crippen LogP contribution in [0.3, 0.4) is 0 Å². The first-order chi connectivity index (χ1) is 11.5. The second-order valence-corrected chi connectivity index (χ2v) is 5.90. The molecular weight excluding hydrogens is 312 g/mol. The Bertz CT molecular complexity index is 414. The summed E-state index contributed by atoms with van der Waals surface area (Å²) < 4.78 is 21.2. The molecular formula is C18H28O6. The lowest BCUT2D eigenvalue weighted by Gasteiger charge is -2.21. The van der Waals surface area contributed by atoms with E-state index in [1.54, 1.807) is 26.4 Å². The highest BCUT2D eigenvalue weighted by Crippen LogP contribution is 2.13. The first-order valence-electron chi connectivity index (χ1n) is 8.18. The van der Waals surface area contributed by atoms with Crippen LogP contribution in [0.2, 0.25) is 0 Å². The van der Waals surface area contributed by atoms with E-state index in [0.29, 0.717) is 0 Å². The van der Waals surface area contributed by atoms with E-state index < -0.39 is 0 Å². The standard InChI is InChI=1S/C18H28O6/c1-13-7-5-9-17(19)24-12-16(22-4)14(2)8-6-10-18(20)23-11-15(13)21-3/h5-8,13-16H,9-12H2,1-4H3/b7-5+,8-6+/t13-,14-,15-,16-/m1/s1. The van der Waals surface area contributed by atoms with Gasteiger partial charge in [-0.15, -0.1) is 0 Å². The van der Waals surface area contributed by atoms with Crippen LogP contribution in [0, 0.1) is 11.8 Å². The normalized spacial score (nSPS) is 33.3. The lowest BCUT2D eigenvalue weighted by molar-refractivity contribution is -0.147. The predicted octanol–water partition coefficient (Wildman–Crippen LogP) is 2.28. The van der Waals surface area contributed by atoms with Gasteiger partial charge in [0.15, 0.2) is 0 Å². The van der Waals surface area contributed by atoms with Gasteiger partial charge in [0.25, 0.3) is 0 Å². The van der Waals surface area contributed by atoms with Gasteiger partial charge in [0.2, 0.25) is 0 Å². The minimum Gasteiger partial charge on any atom is -0.463 e. The molecule has 0 aliphatic carbocycles. The minimum absolute atomic E-state index is 0.00536. The highest BCUT2D eigenvalue weighted by Gasteiger charge is 2.19. The van der Waals surface area contributed by atoms with E-state index in [0.717, 1.165) is 0 Å². The third kappa shape index (κ3) is 7.27. The minimum atomic E-state index is -0.302. The molecule has 0 fully saturated rings. The number of ether oxygens (including phenoxy) is 4. The van der Waals surface area contributed by atoms with E-state index in [-0.39, 0.29) is 62.0 Å². The van der Waals surface area contributed by atoms with Gasteiger partial charge in [-0.1, -0.05) is 38.2 Å². The number of cyclic esters (lactones) is 2. The van der Waals surface area contributed by atoms with Crippen molar-refractivity contribution in [2.75, 3.05) is 27.4 Å². The first-order valence-corrected chi connectivity index (χ1v) is 8.18. The number of carbonyl (C=O) groups excluding carboxylic acids is 2.